The minimum absolute atomic E-state index is 0.403. The fraction of sp³-hybridized carbons (Fsp3) is 0.579. The van der Waals surface area contributed by atoms with Crippen molar-refractivity contribution >= 4 is 11.8 Å². The Hall–Kier alpha value is -0.690. The first kappa shape index (κ1) is 14.3. The first-order valence-electron chi connectivity index (χ1n) is 7.95. The van der Waals surface area contributed by atoms with Gasteiger partial charge in [-0.05, 0) is 48.6 Å². The highest BCUT2D eigenvalue weighted by Gasteiger charge is 2.40. The van der Waals surface area contributed by atoms with E-state index in [9.17, 15) is 0 Å². The molecule has 0 bridgehead atoms. The topological polar surface area (TPSA) is 0 Å². The van der Waals surface area contributed by atoms with Crippen LogP contribution in [0.2, 0.25) is 0 Å². The van der Waals surface area contributed by atoms with Crippen molar-refractivity contribution in [1.82, 2.24) is 0 Å². The summed E-state index contributed by atoms with van der Waals surface area (Å²) in [6.45, 7) is 7.10. The molecule has 2 aliphatic carbocycles. The lowest BCUT2D eigenvalue weighted by molar-refractivity contribution is 0.400. The van der Waals surface area contributed by atoms with E-state index in [0.29, 0.717) is 5.41 Å². The first-order chi connectivity index (χ1) is 9.53. The monoisotopic (exact) mass is 286 g/mol. The summed E-state index contributed by atoms with van der Waals surface area (Å²) in [6, 6.07) is 11.0. The lowest BCUT2D eigenvalue weighted by Crippen LogP contribution is -2.18. The van der Waals surface area contributed by atoms with Crippen LogP contribution in [0.25, 0.3) is 0 Å². The summed E-state index contributed by atoms with van der Waals surface area (Å²) in [4.78, 5) is 1.44. The maximum Gasteiger partial charge on any atom is 0.0337 e. The molecule has 1 aromatic rings. The summed E-state index contributed by atoms with van der Waals surface area (Å²) < 4.78 is 0. The van der Waals surface area contributed by atoms with E-state index in [1.54, 1.807) is 5.57 Å². The van der Waals surface area contributed by atoms with Gasteiger partial charge >= 0.3 is 0 Å². The molecule has 3 atom stereocenters. The fourth-order valence-corrected chi connectivity index (χ4v) is 5.26. The molecule has 0 N–H and O–H groups in total. The molecule has 0 spiro atoms. The zero-order valence-electron chi connectivity index (χ0n) is 12.9. The van der Waals surface area contributed by atoms with Gasteiger partial charge in [0, 0.05) is 10.1 Å². The van der Waals surface area contributed by atoms with Gasteiger partial charge in [-0.15, -0.1) is 11.8 Å². The average molecular weight is 286 g/mol. The Morgan fingerprint density at radius 2 is 1.85 bits per heavy atom. The quantitative estimate of drug-likeness (QED) is 0.620. The van der Waals surface area contributed by atoms with Crippen LogP contribution in [0.15, 0.2) is 46.9 Å². The van der Waals surface area contributed by atoms with Crippen LogP contribution in [0, 0.1) is 17.3 Å². The van der Waals surface area contributed by atoms with Crippen LogP contribution < -0.4 is 0 Å². The molecule has 0 heterocycles. The molecular weight excluding hydrogens is 260 g/mol. The van der Waals surface area contributed by atoms with Crippen molar-refractivity contribution < 1.29 is 0 Å². The Bertz CT molecular complexity index is 480. The number of hydrogen-bond donors (Lipinski definition) is 0. The van der Waals surface area contributed by atoms with E-state index in [1.807, 2.05) is 0 Å². The van der Waals surface area contributed by atoms with Crippen LogP contribution in [0.1, 0.15) is 46.5 Å². The third-order valence-electron chi connectivity index (χ3n) is 4.55. The maximum absolute atomic E-state index is 2.64. The van der Waals surface area contributed by atoms with Gasteiger partial charge in [-0.2, -0.15) is 0 Å². The molecule has 108 valence electrons. The van der Waals surface area contributed by atoms with Crippen molar-refractivity contribution in [3.05, 3.63) is 42.0 Å². The lowest BCUT2D eigenvalue weighted by atomic mass is 9.86. The van der Waals surface area contributed by atoms with Crippen molar-refractivity contribution in [2.24, 2.45) is 17.3 Å². The van der Waals surface area contributed by atoms with Gasteiger partial charge in [-0.25, -0.2) is 0 Å². The van der Waals surface area contributed by atoms with Crippen LogP contribution in [-0.4, -0.2) is 5.25 Å². The SMILES string of the molecule is CC(C)(C)CC1=C[C@H]2CCC[C@H]2[C@@H]1Sc1ccccc1. The second-order valence-corrected chi connectivity index (χ2v) is 8.80. The van der Waals surface area contributed by atoms with Gasteiger partial charge in [-0.3, -0.25) is 0 Å². The van der Waals surface area contributed by atoms with Crippen molar-refractivity contribution in [3.8, 4) is 0 Å². The van der Waals surface area contributed by atoms with Crippen LogP contribution in [0.4, 0.5) is 0 Å². The molecule has 0 amide bonds. The molecule has 0 unspecified atom stereocenters. The smallest absolute Gasteiger partial charge is 0.0337 e. The van der Waals surface area contributed by atoms with Gasteiger partial charge in [0.1, 0.15) is 0 Å². The molecule has 1 fully saturated rings. The molecule has 0 aliphatic heterocycles. The van der Waals surface area contributed by atoms with Crippen LogP contribution in [0.3, 0.4) is 0 Å². The van der Waals surface area contributed by atoms with E-state index in [1.165, 1.54) is 30.6 Å². The normalized spacial score (nSPS) is 29.4. The van der Waals surface area contributed by atoms with Crippen molar-refractivity contribution in [1.29, 1.82) is 0 Å². The van der Waals surface area contributed by atoms with Gasteiger partial charge in [0.2, 0.25) is 0 Å². The van der Waals surface area contributed by atoms with Crippen LogP contribution >= 0.6 is 11.8 Å². The third-order valence-corrected chi connectivity index (χ3v) is 6.00. The Labute approximate surface area is 128 Å². The summed E-state index contributed by atoms with van der Waals surface area (Å²) >= 11 is 2.11. The minimum atomic E-state index is 0.403. The molecule has 0 aromatic heterocycles. The summed E-state index contributed by atoms with van der Waals surface area (Å²) in [5.74, 6) is 1.77. The number of thioether (sulfide) groups is 1. The number of hydrogen-bond acceptors (Lipinski definition) is 1. The molecule has 20 heavy (non-hydrogen) atoms. The van der Waals surface area contributed by atoms with Crippen molar-refractivity contribution in [3.63, 3.8) is 0 Å². The van der Waals surface area contributed by atoms with Crippen LogP contribution in [-0.2, 0) is 0 Å². The Kier molecular flexibility index (Phi) is 3.99. The molecule has 1 aromatic carbocycles. The average Bonchev–Trinajstić information content (AvgIpc) is 2.93. The van der Waals surface area contributed by atoms with Gasteiger partial charge in [0.15, 0.2) is 0 Å². The van der Waals surface area contributed by atoms with E-state index < -0.39 is 0 Å². The van der Waals surface area contributed by atoms with E-state index in [0.717, 1.165) is 17.1 Å². The maximum atomic E-state index is 2.64. The van der Waals surface area contributed by atoms with Gasteiger partial charge in [-0.1, -0.05) is 57.0 Å². The predicted molar refractivity (Wildman–Crippen MR) is 89.1 cm³/mol. The van der Waals surface area contributed by atoms with Crippen LogP contribution in [0.5, 0.6) is 0 Å². The summed E-state index contributed by atoms with van der Waals surface area (Å²) in [5.41, 5.74) is 2.13. The minimum Gasteiger partial charge on any atom is -0.118 e. The molecule has 0 radical (unpaired) electrons. The van der Waals surface area contributed by atoms with E-state index in [4.69, 9.17) is 0 Å². The molecule has 0 saturated heterocycles. The molecule has 2 aliphatic rings. The fourth-order valence-electron chi connectivity index (χ4n) is 3.83. The van der Waals surface area contributed by atoms with Gasteiger partial charge in [0.25, 0.3) is 0 Å². The highest BCUT2D eigenvalue weighted by molar-refractivity contribution is 8.00. The molecule has 1 saturated carbocycles. The van der Waals surface area contributed by atoms with Crippen molar-refractivity contribution in [2.75, 3.05) is 0 Å². The van der Waals surface area contributed by atoms with Gasteiger partial charge in [0.05, 0.1) is 0 Å². The number of fused-ring (bicyclic) bond motifs is 1. The Morgan fingerprint density at radius 1 is 1.10 bits per heavy atom. The first-order valence-corrected chi connectivity index (χ1v) is 8.83. The van der Waals surface area contributed by atoms with Crippen molar-refractivity contribution in [2.45, 2.75) is 56.6 Å². The lowest BCUT2D eigenvalue weighted by Gasteiger charge is -2.26. The highest BCUT2D eigenvalue weighted by Crippen LogP contribution is 2.51. The summed E-state index contributed by atoms with van der Waals surface area (Å²) in [5, 5.41) is 0.726. The van der Waals surface area contributed by atoms with E-state index >= 15 is 0 Å². The number of benzene rings is 1. The Morgan fingerprint density at radius 3 is 2.55 bits per heavy atom. The van der Waals surface area contributed by atoms with E-state index in [2.05, 4.69) is 68.9 Å². The zero-order chi connectivity index (χ0) is 14.2. The second-order valence-electron chi connectivity index (χ2n) is 7.59. The summed E-state index contributed by atoms with van der Waals surface area (Å²) in [7, 11) is 0. The second kappa shape index (κ2) is 5.60. The summed E-state index contributed by atoms with van der Waals surface area (Å²) in [6.07, 6.45) is 8.18. The highest BCUT2D eigenvalue weighted by atomic mass is 32.2. The number of rotatable bonds is 3. The molecule has 0 nitrogen and oxygen atoms in total. The van der Waals surface area contributed by atoms with Gasteiger partial charge < -0.3 is 0 Å². The molecular formula is C19H26S. The predicted octanol–water partition coefficient (Wildman–Crippen LogP) is 5.94. The zero-order valence-corrected chi connectivity index (χ0v) is 13.7. The third kappa shape index (κ3) is 3.14. The standard InChI is InChI=1S/C19H26S/c1-19(2,3)13-15-12-14-8-7-11-17(14)18(15)20-16-9-5-4-6-10-16/h4-6,9-10,12,14,17-18H,7-8,11,13H2,1-3H3/t14-,17-,18-/m1/s1. The number of allylic oxidation sites excluding steroid dienone is 1. The van der Waals surface area contributed by atoms with E-state index in [-0.39, 0.29) is 0 Å². The molecule has 3 rings (SSSR count). The largest absolute Gasteiger partial charge is 0.118 e. The molecule has 1 heteroatoms. The Balaban J connectivity index is 1.80.